The van der Waals surface area contributed by atoms with Gasteiger partial charge in [0, 0.05) is 31.9 Å². The van der Waals surface area contributed by atoms with E-state index in [9.17, 15) is 10.1 Å². The lowest BCUT2D eigenvalue weighted by Gasteiger charge is -2.51. The monoisotopic (exact) mass is 430 g/mol. The van der Waals surface area contributed by atoms with Gasteiger partial charge in [-0.3, -0.25) is 15.0 Å². The average Bonchev–Trinajstić information content (AvgIpc) is 3.24. The van der Waals surface area contributed by atoms with Crippen LogP contribution < -0.4 is 4.90 Å². The van der Waals surface area contributed by atoms with Gasteiger partial charge >= 0.3 is 5.00 Å². The number of aromatic nitrogens is 1. The van der Waals surface area contributed by atoms with Crippen molar-refractivity contribution in [2.24, 2.45) is 10.2 Å². The minimum absolute atomic E-state index is 0.0314. The summed E-state index contributed by atoms with van der Waals surface area (Å²) in [6.45, 7) is 15.0. The van der Waals surface area contributed by atoms with Crippen molar-refractivity contribution in [1.29, 1.82) is 0 Å². The molecule has 0 aliphatic carbocycles. The summed E-state index contributed by atoms with van der Waals surface area (Å²) in [6, 6.07) is 6.20. The molecule has 160 valence electrons. The Hall–Kier alpha value is -2.43. The summed E-state index contributed by atoms with van der Waals surface area (Å²) in [5, 5.41) is 19.3. The van der Waals surface area contributed by atoms with Crippen molar-refractivity contribution < 1.29 is 9.41 Å². The van der Waals surface area contributed by atoms with Crippen molar-refractivity contribution in [2.75, 3.05) is 63.8 Å². The van der Waals surface area contributed by atoms with Crippen LogP contribution in [0.2, 0.25) is 0 Å². The normalized spacial score (nSPS) is 23.2. The fourth-order valence-corrected chi connectivity index (χ4v) is 4.86. The fraction of sp³-hybridized carbons (Fsp3) is 0.550. The number of azo groups is 1. The molecule has 1 aromatic heterocycles. The summed E-state index contributed by atoms with van der Waals surface area (Å²) < 4.78 is 1.26. The van der Waals surface area contributed by atoms with Gasteiger partial charge in [-0.15, -0.1) is 10.2 Å². The zero-order valence-corrected chi connectivity index (χ0v) is 18.3. The number of benzene rings is 1. The molecule has 4 heterocycles. The van der Waals surface area contributed by atoms with Crippen LogP contribution in [0.1, 0.15) is 12.5 Å². The minimum atomic E-state index is -0.467. The maximum Gasteiger partial charge on any atom is 0.345 e. The molecule has 0 unspecified atom stereocenters. The smallest absolute Gasteiger partial charge is 0.345 e. The number of thiazole rings is 1. The second kappa shape index (κ2) is 8.75. The van der Waals surface area contributed by atoms with E-state index in [-0.39, 0.29) is 10.1 Å². The van der Waals surface area contributed by atoms with Crippen LogP contribution in [0.3, 0.4) is 0 Å². The summed E-state index contributed by atoms with van der Waals surface area (Å²) in [5.74, 6) is 0. The molecular weight excluding hydrogens is 402 g/mol. The average molecular weight is 431 g/mol. The number of aryl methyl sites for hydroxylation is 1. The molecule has 0 radical (unpaired) electrons. The number of nitro groups is 1. The van der Waals surface area contributed by atoms with Gasteiger partial charge in [0.25, 0.3) is 0 Å². The van der Waals surface area contributed by atoms with Crippen LogP contribution in [0.5, 0.6) is 0 Å². The predicted molar refractivity (Wildman–Crippen MR) is 118 cm³/mol. The Kier molecular flexibility index (Phi) is 6.07. The van der Waals surface area contributed by atoms with Crippen LogP contribution in [-0.4, -0.2) is 78.2 Å². The Labute approximate surface area is 180 Å². The van der Waals surface area contributed by atoms with Crippen LogP contribution in [0.4, 0.5) is 21.5 Å². The van der Waals surface area contributed by atoms with Gasteiger partial charge in [-0.1, -0.05) is 0 Å². The molecule has 0 saturated carbocycles. The minimum Gasteiger partial charge on any atom is -0.366 e. The Morgan fingerprint density at radius 1 is 1.27 bits per heavy atom. The van der Waals surface area contributed by atoms with Gasteiger partial charge in [0.1, 0.15) is 6.20 Å². The lowest BCUT2D eigenvalue weighted by atomic mass is 10.1. The molecular formula is C20H28N7O2S+. The van der Waals surface area contributed by atoms with E-state index < -0.39 is 4.92 Å². The number of hydrogen-bond acceptors (Lipinski definition) is 8. The number of piperazine rings is 3. The molecule has 0 atom stereocenters. The molecule has 1 aromatic carbocycles. The quantitative estimate of drug-likeness (QED) is 0.275. The van der Waals surface area contributed by atoms with E-state index in [2.05, 4.69) is 44.1 Å². The van der Waals surface area contributed by atoms with Gasteiger partial charge in [0.05, 0.1) is 43.3 Å². The highest BCUT2D eigenvalue weighted by Gasteiger charge is 2.38. The molecule has 2 bridgehead atoms. The van der Waals surface area contributed by atoms with Crippen LogP contribution in [0.15, 0.2) is 34.6 Å². The summed E-state index contributed by atoms with van der Waals surface area (Å²) in [4.78, 5) is 19.2. The van der Waals surface area contributed by atoms with Crippen LogP contribution in [0, 0.1) is 17.0 Å². The second-order valence-corrected chi connectivity index (χ2v) is 9.05. The van der Waals surface area contributed by atoms with Gasteiger partial charge in [-0.25, -0.2) is 4.98 Å². The van der Waals surface area contributed by atoms with Crippen LogP contribution in [-0.2, 0) is 0 Å². The molecule has 3 fully saturated rings. The number of fused-ring (bicyclic) bond motifs is 3. The van der Waals surface area contributed by atoms with E-state index in [0.29, 0.717) is 0 Å². The zero-order chi connectivity index (χ0) is 21.1. The zero-order valence-electron chi connectivity index (χ0n) is 17.5. The third kappa shape index (κ3) is 4.50. The van der Waals surface area contributed by atoms with Gasteiger partial charge in [-0.05, 0) is 48.9 Å². The molecule has 9 nitrogen and oxygen atoms in total. The first-order valence-electron chi connectivity index (χ1n) is 10.4. The van der Waals surface area contributed by atoms with Crippen LogP contribution >= 0.6 is 11.3 Å². The van der Waals surface area contributed by atoms with E-state index in [1.54, 1.807) is 0 Å². The summed E-state index contributed by atoms with van der Waals surface area (Å²) >= 11 is 0.919. The lowest BCUT2D eigenvalue weighted by molar-refractivity contribution is -0.939. The standard InChI is InChI=1S/C20H28N7O2S/c1-3-25(9-13-27-10-6-24(7-11-27)8-12-27)17-4-5-18(16(2)14-17)22-23-20-21-15-19(30-20)26(28)29/h4-5,14-15H,3,6-13H2,1-2H3/q+1/b23-22+. The largest absolute Gasteiger partial charge is 0.366 e. The van der Waals surface area contributed by atoms with Gasteiger partial charge in [0.15, 0.2) is 0 Å². The van der Waals surface area contributed by atoms with E-state index in [1.165, 1.54) is 62.2 Å². The number of nitrogens with zero attached hydrogens (tertiary/aromatic N) is 7. The highest BCUT2D eigenvalue weighted by atomic mass is 32.1. The first-order chi connectivity index (χ1) is 14.5. The number of rotatable bonds is 8. The molecule has 0 N–H and O–H groups in total. The first kappa shape index (κ1) is 20.8. The molecule has 2 aromatic rings. The number of likely N-dealkylation sites (N-methyl/N-ethyl adjacent to an activating group) is 1. The van der Waals surface area contributed by atoms with Gasteiger partial charge in [0.2, 0.25) is 5.13 Å². The van der Waals surface area contributed by atoms with E-state index in [4.69, 9.17) is 0 Å². The summed E-state index contributed by atoms with van der Waals surface area (Å²) in [7, 11) is 0. The molecule has 3 aliphatic rings. The first-order valence-corrected chi connectivity index (χ1v) is 11.2. The SMILES string of the molecule is CCN(CC[N+]12CCN(CC1)CC2)c1ccc(/N=N/c2ncc([N+](=O)[O-])s2)c(C)c1. The Bertz CT molecular complexity index is 923. The predicted octanol–water partition coefficient (Wildman–Crippen LogP) is 3.75. The molecule has 5 rings (SSSR count). The molecule has 3 aliphatic heterocycles. The number of anilines is 1. The Balaban J connectivity index is 1.41. The molecule has 10 heteroatoms. The number of hydrogen-bond donors (Lipinski definition) is 0. The van der Waals surface area contributed by atoms with Crippen molar-refractivity contribution in [2.45, 2.75) is 13.8 Å². The van der Waals surface area contributed by atoms with Gasteiger partial charge < -0.3 is 9.38 Å². The van der Waals surface area contributed by atoms with Crippen molar-refractivity contribution in [1.82, 2.24) is 9.88 Å². The van der Waals surface area contributed by atoms with E-state index >= 15 is 0 Å². The maximum atomic E-state index is 10.8. The topological polar surface area (TPSA) is 87.2 Å². The van der Waals surface area contributed by atoms with E-state index in [0.717, 1.165) is 35.7 Å². The van der Waals surface area contributed by atoms with Crippen molar-refractivity contribution in [3.8, 4) is 0 Å². The molecule has 3 saturated heterocycles. The molecule has 0 amide bonds. The summed E-state index contributed by atoms with van der Waals surface area (Å²) in [5.41, 5.74) is 2.98. The third-order valence-electron chi connectivity index (χ3n) is 6.35. The van der Waals surface area contributed by atoms with Crippen molar-refractivity contribution in [3.63, 3.8) is 0 Å². The highest BCUT2D eigenvalue weighted by Crippen LogP contribution is 2.31. The lowest BCUT2D eigenvalue weighted by Crippen LogP contribution is -2.68. The van der Waals surface area contributed by atoms with Crippen LogP contribution in [0.25, 0.3) is 0 Å². The fourth-order valence-electron chi connectivity index (χ4n) is 4.30. The van der Waals surface area contributed by atoms with Crippen molar-refractivity contribution >= 4 is 32.8 Å². The highest BCUT2D eigenvalue weighted by molar-refractivity contribution is 7.18. The second-order valence-electron chi connectivity index (χ2n) is 8.07. The van der Waals surface area contributed by atoms with Gasteiger partial charge in [-0.2, -0.15) is 0 Å². The maximum absolute atomic E-state index is 10.8. The molecule has 30 heavy (non-hydrogen) atoms. The third-order valence-corrected chi connectivity index (χ3v) is 7.18. The molecule has 0 spiro atoms. The number of quaternary nitrogens is 1. The summed E-state index contributed by atoms with van der Waals surface area (Å²) in [6.07, 6.45) is 1.21. The Morgan fingerprint density at radius 3 is 2.60 bits per heavy atom. The van der Waals surface area contributed by atoms with Crippen molar-refractivity contribution in [3.05, 3.63) is 40.1 Å². The van der Waals surface area contributed by atoms with E-state index in [1.807, 2.05) is 13.0 Å². The Morgan fingerprint density at radius 2 is 2.00 bits per heavy atom.